The van der Waals surface area contributed by atoms with Crippen molar-refractivity contribution in [2.24, 2.45) is 0 Å². The van der Waals surface area contributed by atoms with Crippen LogP contribution < -0.4 is 0 Å². The van der Waals surface area contributed by atoms with E-state index < -0.39 is 15.7 Å². The highest BCUT2D eigenvalue weighted by Crippen LogP contribution is 2.26. The summed E-state index contributed by atoms with van der Waals surface area (Å²) in [6, 6.07) is 17.8. The van der Waals surface area contributed by atoms with Crippen LogP contribution >= 0.6 is 0 Å². The number of phenolic OH excluding ortho intramolecular Hbond substituents is 1. The van der Waals surface area contributed by atoms with E-state index in [0.717, 1.165) is 23.3 Å². The number of aromatic hydroxyl groups is 1. The Kier molecular flexibility index (Phi) is 3.88. The standard InChI is InChI=1S/C18H13FO3S/c19-15-5-11-18(12-6-15)23(21,22)17-9-3-14(4-10-17)13-1-7-16(20)8-2-13/h1-12,20H. The molecular formula is C18H13FO3S. The molecular weight excluding hydrogens is 315 g/mol. The zero-order chi connectivity index (χ0) is 16.4. The number of benzene rings is 3. The van der Waals surface area contributed by atoms with Gasteiger partial charge in [-0.2, -0.15) is 0 Å². The van der Waals surface area contributed by atoms with Crippen molar-refractivity contribution >= 4 is 9.84 Å². The van der Waals surface area contributed by atoms with Crippen LogP contribution in [-0.4, -0.2) is 13.5 Å². The van der Waals surface area contributed by atoms with E-state index in [-0.39, 0.29) is 15.5 Å². The molecule has 0 radical (unpaired) electrons. The summed E-state index contributed by atoms with van der Waals surface area (Å²) in [6.07, 6.45) is 0. The van der Waals surface area contributed by atoms with Crippen LogP contribution in [0.1, 0.15) is 0 Å². The molecule has 0 spiro atoms. The Labute approximate surface area is 133 Å². The molecule has 0 saturated heterocycles. The summed E-state index contributed by atoms with van der Waals surface area (Å²) < 4.78 is 37.9. The minimum absolute atomic E-state index is 0.0521. The SMILES string of the molecule is O=S(=O)(c1ccc(F)cc1)c1ccc(-c2ccc(O)cc2)cc1. The highest BCUT2D eigenvalue weighted by Gasteiger charge is 2.17. The molecule has 116 valence electrons. The fourth-order valence-corrected chi connectivity index (χ4v) is 3.49. The molecule has 5 heteroatoms. The normalized spacial score (nSPS) is 11.3. The molecule has 0 amide bonds. The summed E-state index contributed by atoms with van der Waals surface area (Å²) in [6.45, 7) is 0. The molecule has 0 bridgehead atoms. The van der Waals surface area contributed by atoms with E-state index in [4.69, 9.17) is 0 Å². The number of hydrogen-bond donors (Lipinski definition) is 1. The third-order valence-corrected chi connectivity index (χ3v) is 5.27. The second-order valence-corrected chi connectivity index (χ2v) is 6.98. The summed E-state index contributed by atoms with van der Waals surface area (Å²) >= 11 is 0. The molecule has 0 heterocycles. The van der Waals surface area contributed by atoms with Crippen LogP contribution in [-0.2, 0) is 9.84 Å². The number of sulfone groups is 1. The monoisotopic (exact) mass is 328 g/mol. The van der Waals surface area contributed by atoms with Crippen molar-refractivity contribution in [3.05, 3.63) is 78.6 Å². The van der Waals surface area contributed by atoms with E-state index in [0.29, 0.717) is 0 Å². The molecule has 3 aromatic rings. The molecule has 0 aliphatic heterocycles. The van der Waals surface area contributed by atoms with Crippen LogP contribution in [0.25, 0.3) is 11.1 Å². The van der Waals surface area contributed by atoms with Crippen molar-refractivity contribution in [2.75, 3.05) is 0 Å². The van der Waals surface area contributed by atoms with Gasteiger partial charge in [0.05, 0.1) is 9.79 Å². The maximum atomic E-state index is 12.9. The van der Waals surface area contributed by atoms with Gasteiger partial charge in [0.15, 0.2) is 0 Å². The zero-order valence-corrected chi connectivity index (χ0v) is 12.8. The molecule has 0 unspecified atom stereocenters. The number of phenols is 1. The van der Waals surface area contributed by atoms with Crippen molar-refractivity contribution in [3.63, 3.8) is 0 Å². The summed E-state index contributed by atoms with van der Waals surface area (Å²) in [5.41, 5.74) is 1.71. The lowest BCUT2D eigenvalue weighted by atomic mass is 10.1. The van der Waals surface area contributed by atoms with Crippen LogP contribution in [0.5, 0.6) is 5.75 Å². The lowest BCUT2D eigenvalue weighted by molar-refractivity contribution is 0.475. The second kappa shape index (κ2) is 5.85. The molecule has 3 nitrogen and oxygen atoms in total. The van der Waals surface area contributed by atoms with E-state index in [1.54, 1.807) is 36.4 Å². The maximum Gasteiger partial charge on any atom is 0.206 e. The van der Waals surface area contributed by atoms with E-state index >= 15 is 0 Å². The second-order valence-electron chi connectivity index (χ2n) is 5.03. The first kappa shape index (κ1) is 15.2. The third kappa shape index (κ3) is 3.10. The quantitative estimate of drug-likeness (QED) is 0.739. The Hall–Kier alpha value is -2.66. The van der Waals surface area contributed by atoms with Crippen molar-refractivity contribution < 1.29 is 17.9 Å². The number of hydrogen-bond acceptors (Lipinski definition) is 3. The van der Waals surface area contributed by atoms with Gasteiger partial charge in [0.1, 0.15) is 11.6 Å². The van der Waals surface area contributed by atoms with E-state index in [1.165, 1.54) is 24.3 Å². The van der Waals surface area contributed by atoms with Gasteiger partial charge in [0.25, 0.3) is 0 Å². The smallest absolute Gasteiger partial charge is 0.206 e. The fourth-order valence-electron chi connectivity index (χ4n) is 2.23. The third-order valence-electron chi connectivity index (χ3n) is 3.49. The molecule has 0 aliphatic carbocycles. The Morgan fingerprint density at radius 3 is 1.52 bits per heavy atom. The maximum absolute atomic E-state index is 12.9. The average Bonchev–Trinajstić information content (AvgIpc) is 2.56. The van der Waals surface area contributed by atoms with Gasteiger partial charge < -0.3 is 5.11 Å². The molecule has 0 fully saturated rings. The van der Waals surface area contributed by atoms with Crippen LogP contribution in [0, 0.1) is 5.82 Å². The van der Waals surface area contributed by atoms with E-state index in [1.807, 2.05) is 0 Å². The molecule has 0 atom stereocenters. The lowest BCUT2D eigenvalue weighted by Crippen LogP contribution is -2.01. The molecule has 3 aromatic carbocycles. The van der Waals surface area contributed by atoms with Gasteiger partial charge in [-0.25, -0.2) is 12.8 Å². The lowest BCUT2D eigenvalue weighted by Gasteiger charge is -2.07. The topological polar surface area (TPSA) is 54.4 Å². The van der Waals surface area contributed by atoms with Crippen LogP contribution in [0.3, 0.4) is 0 Å². The molecule has 0 aliphatic rings. The highest BCUT2D eigenvalue weighted by atomic mass is 32.2. The molecule has 23 heavy (non-hydrogen) atoms. The van der Waals surface area contributed by atoms with Crippen molar-refractivity contribution in [1.82, 2.24) is 0 Å². The Morgan fingerprint density at radius 1 is 0.652 bits per heavy atom. The van der Waals surface area contributed by atoms with Gasteiger partial charge in [-0.15, -0.1) is 0 Å². The summed E-state index contributed by atoms with van der Waals surface area (Å²) in [5, 5.41) is 9.29. The molecule has 0 saturated carbocycles. The minimum Gasteiger partial charge on any atom is -0.508 e. The number of rotatable bonds is 3. The van der Waals surface area contributed by atoms with Gasteiger partial charge in [-0.1, -0.05) is 24.3 Å². The van der Waals surface area contributed by atoms with Crippen LogP contribution in [0.4, 0.5) is 4.39 Å². The summed E-state index contributed by atoms with van der Waals surface area (Å²) in [5.74, 6) is -0.309. The largest absolute Gasteiger partial charge is 0.508 e. The first-order valence-electron chi connectivity index (χ1n) is 6.87. The zero-order valence-electron chi connectivity index (χ0n) is 12.0. The van der Waals surface area contributed by atoms with Gasteiger partial charge in [0, 0.05) is 0 Å². The predicted molar refractivity (Wildman–Crippen MR) is 85.4 cm³/mol. The number of halogens is 1. The first-order chi connectivity index (χ1) is 11.0. The van der Waals surface area contributed by atoms with Crippen molar-refractivity contribution in [3.8, 4) is 16.9 Å². The van der Waals surface area contributed by atoms with E-state index in [2.05, 4.69) is 0 Å². The molecule has 0 aromatic heterocycles. The van der Waals surface area contributed by atoms with Crippen LogP contribution in [0.2, 0.25) is 0 Å². The van der Waals surface area contributed by atoms with Gasteiger partial charge in [-0.05, 0) is 59.7 Å². The average molecular weight is 328 g/mol. The van der Waals surface area contributed by atoms with Gasteiger partial charge in [0.2, 0.25) is 9.84 Å². The fraction of sp³-hybridized carbons (Fsp3) is 0. The highest BCUT2D eigenvalue weighted by molar-refractivity contribution is 7.91. The first-order valence-corrected chi connectivity index (χ1v) is 8.35. The predicted octanol–water partition coefficient (Wildman–Crippen LogP) is 4.03. The van der Waals surface area contributed by atoms with Gasteiger partial charge >= 0.3 is 0 Å². The Morgan fingerprint density at radius 2 is 1.04 bits per heavy atom. The molecule has 1 N–H and O–H groups in total. The summed E-state index contributed by atoms with van der Waals surface area (Å²) in [4.78, 5) is 0.197. The summed E-state index contributed by atoms with van der Waals surface area (Å²) in [7, 11) is -3.67. The van der Waals surface area contributed by atoms with Gasteiger partial charge in [-0.3, -0.25) is 0 Å². The van der Waals surface area contributed by atoms with Crippen LogP contribution in [0.15, 0.2) is 82.6 Å². The molecule has 3 rings (SSSR count). The van der Waals surface area contributed by atoms with E-state index in [9.17, 15) is 17.9 Å². The van der Waals surface area contributed by atoms with Crippen molar-refractivity contribution in [1.29, 1.82) is 0 Å². The minimum atomic E-state index is -3.67. The Bertz CT molecular complexity index is 914. The Balaban J connectivity index is 1.95. The van der Waals surface area contributed by atoms with Crippen molar-refractivity contribution in [2.45, 2.75) is 9.79 Å².